The first-order valence-electron chi connectivity index (χ1n) is 14.8. The molecule has 1 aliphatic carbocycles. The van der Waals surface area contributed by atoms with Crippen molar-refractivity contribution >= 4 is 17.5 Å². The SMILES string of the molecule is C[C@@H]1CCCCO[C@@H](CN(C)CC2CC2)[C@@H](C)CN([C@H](C)CO)C(=O)c2cc(NC(=O)CCC(F)(F)F)ccc2O1. The van der Waals surface area contributed by atoms with Crippen LogP contribution in [0.5, 0.6) is 5.75 Å². The molecule has 11 heteroatoms. The van der Waals surface area contributed by atoms with Gasteiger partial charge in [-0.3, -0.25) is 9.59 Å². The first kappa shape index (κ1) is 33.1. The Balaban J connectivity index is 1.88. The Morgan fingerprint density at radius 1 is 1.20 bits per heavy atom. The summed E-state index contributed by atoms with van der Waals surface area (Å²) in [4.78, 5) is 30.2. The van der Waals surface area contributed by atoms with Gasteiger partial charge in [-0.05, 0) is 77.1 Å². The molecule has 0 bridgehead atoms. The van der Waals surface area contributed by atoms with E-state index in [0.29, 0.717) is 18.9 Å². The van der Waals surface area contributed by atoms with Crippen molar-refractivity contribution in [2.75, 3.05) is 45.2 Å². The van der Waals surface area contributed by atoms with E-state index in [9.17, 15) is 27.9 Å². The highest BCUT2D eigenvalue weighted by Crippen LogP contribution is 2.31. The normalized spacial score (nSPS) is 23.9. The van der Waals surface area contributed by atoms with Gasteiger partial charge in [-0.1, -0.05) is 6.92 Å². The molecule has 232 valence electrons. The second-order valence-corrected chi connectivity index (χ2v) is 11.8. The maximum atomic E-state index is 14.1. The monoisotopic (exact) mass is 585 g/mol. The molecule has 0 radical (unpaired) electrons. The summed E-state index contributed by atoms with van der Waals surface area (Å²) in [7, 11) is 2.10. The summed E-state index contributed by atoms with van der Waals surface area (Å²) in [5.74, 6) is -0.176. The van der Waals surface area contributed by atoms with Gasteiger partial charge in [-0.25, -0.2) is 0 Å². The number of amides is 2. The average Bonchev–Trinajstić information content (AvgIpc) is 3.72. The highest BCUT2D eigenvalue weighted by atomic mass is 19.4. The van der Waals surface area contributed by atoms with Gasteiger partial charge in [0, 0.05) is 44.3 Å². The summed E-state index contributed by atoms with van der Waals surface area (Å²) < 4.78 is 50.3. The molecule has 0 saturated heterocycles. The molecule has 41 heavy (non-hydrogen) atoms. The number of fused-ring (bicyclic) bond motifs is 1. The Morgan fingerprint density at radius 2 is 1.93 bits per heavy atom. The van der Waals surface area contributed by atoms with Crippen molar-refractivity contribution in [3.63, 3.8) is 0 Å². The lowest BCUT2D eigenvalue weighted by atomic mass is 10.0. The number of rotatable bonds is 9. The van der Waals surface area contributed by atoms with Crippen molar-refractivity contribution in [3.8, 4) is 5.75 Å². The van der Waals surface area contributed by atoms with Gasteiger partial charge in [-0.15, -0.1) is 0 Å². The van der Waals surface area contributed by atoms with E-state index in [-0.39, 0.29) is 36.0 Å². The number of ether oxygens (including phenoxy) is 2. The predicted molar refractivity (Wildman–Crippen MR) is 151 cm³/mol. The van der Waals surface area contributed by atoms with Gasteiger partial charge in [0.1, 0.15) is 5.75 Å². The second-order valence-electron chi connectivity index (χ2n) is 11.8. The maximum absolute atomic E-state index is 14.1. The number of carbonyl (C=O) groups is 2. The maximum Gasteiger partial charge on any atom is 0.389 e. The van der Waals surface area contributed by atoms with Crippen molar-refractivity contribution in [3.05, 3.63) is 23.8 Å². The molecule has 2 N–H and O–H groups in total. The lowest BCUT2D eigenvalue weighted by Gasteiger charge is -2.36. The molecule has 1 saturated carbocycles. The molecular formula is C30H46F3N3O5. The van der Waals surface area contributed by atoms with E-state index >= 15 is 0 Å². The number of anilines is 1. The third-order valence-corrected chi connectivity index (χ3v) is 7.73. The quantitative estimate of drug-likeness (QED) is 0.419. The first-order chi connectivity index (χ1) is 19.4. The van der Waals surface area contributed by atoms with Crippen molar-refractivity contribution < 1.29 is 37.3 Å². The summed E-state index contributed by atoms with van der Waals surface area (Å²) in [6.07, 6.45) is -1.72. The summed E-state index contributed by atoms with van der Waals surface area (Å²) in [5, 5.41) is 12.5. The number of hydrogen-bond donors (Lipinski definition) is 2. The van der Waals surface area contributed by atoms with Gasteiger partial charge in [0.05, 0.1) is 36.8 Å². The molecule has 8 nitrogen and oxygen atoms in total. The summed E-state index contributed by atoms with van der Waals surface area (Å²) in [6.45, 7) is 8.14. The van der Waals surface area contributed by atoms with E-state index in [1.807, 2.05) is 13.8 Å². The van der Waals surface area contributed by atoms with E-state index < -0.39 is 36.9 Å². The number of benzene rings is 1. The van der Waals surface area contributed by atoms with Crippen LogP contribution in [0.4, 0.5) is 18.9 Å². The van der Waals surface area contributed by atoms with Crippen LogP contribution < -0.4 is 10.1 Å². The third kappa shape index (κ3) is 11.1. The zero-order chi connectivity index (χ0) is 30.2. The highest BCUT2D eigenvalue weighted by molar-refractivity contribution is 5.99. The number of aliphatic hydroxyl groups excluding tert-OH is 1. The number of aliphatic hydroxyl groups is 1. The van der Waals surface area contributed by atoms with Crippen LogP contribution in [0.1, 0.15) is 76.1 Å². The number of likely N-dealkylation sites (N-methyl/N-ethyl adjacent to an activating group) is 1. The molecule has 0 unspecified atom stereocenters. The topological polar surface area (TPSA) is 91.3 Å². The molecule has 1 fully saturated rings. The lowest BCUT2D eigenvalue weighted by Crippen LogP contribution is -2.47. The van der Waals surface area contributed by atoms with Crippen LogP contribution in [-0.2, 0) is 9.53 Å². The zero-order valence-electron chi connectivity index (χ0n) is 24.7. The van der Waals surface area contributed by atoms with Gasteiger partial charge < -0.3 is 29.7 Å². The summed E-state index contributed by atoms with van der Waals surface area (Å²) in [5.41, 5.74) is 0.382. The summed E-state index contributed by atoms with van der Waals surface area (Å²) in [6, 6.07) is 4.02. The van der Waals surface area contributed by atoms with Crippen LogP contribution in [0.25, 0.3) is 0 Å². The van der Waals surface area contributed by atoms with E-state index in [4.69, 9.17) is 9.47 Å². The van der Waals surface area contributed by atoms with E-state index in [2.05, 4.69) is 17.3 Å². The first-order valence-corrected chi connectivity index (χ1v) is 14.8. The molecule has 0 spiro atoms. The minimum Gasteiger partial charge on any atom is -0.490 e. The fourth-order valence-electron chi connectivity index (χ4n) is 5.06. The van der Waals surface area contributed by atoms with E-state index in [0.717, 1.165) is 38.3 Å². The van der Waals surface area contributed by atoms with Gasteiger partial charge in [-0.2, -0.15) is 13.2 Å². The third-order valence-electron chi connectivity index (χ3n) is 7.73. The lowest BCUT2D eigenvalue weighted by molar-refractivity contribution is -0.142. The van der Waals surface area contributed by atoms with Crippen molar-refractivity contribution in [1.82, 2.24) is 9.80 Å². The smallest absolute Gasteiger partial charge is 0.389 e. The number of nitrogens with one attached hydrogen (secondary N) is 1. The minimum atomic E-state index is -4.44. The van der Waals surface area contributed by atoms with E-state index in [1.165, 1.54) is 25.0 Å². The van der Waals surface area contributed by atoms with Crippen LogP contribution in [0.3, 0.4) is 0 Å². The fraction of sp³-hybridized carbons (Fsp3) is 0.733. The average molecular weight is 586 g/mol. The van der Waals surface area contributed by atoms with Crippen LogP contribution >= 0.6 is 0 Å². The molecule has 1 heterocycles. The minimum absolute atomic E-state index is 0.0499. The van der Waals surface area contributed by atoms with Crippen molar-refractivity contribution in [2.24, 2.45) is 11.8 Å². The van der Waals surface area contributed by atoms with Crippen molar-refractivity contribution in [1.29, 1.82) is 0 Å². The van der Waals surface area contributed by atoms with E-state index in [1.54, 1.807) is 17.9 Å². The number of halogens is 3. The Bertz CT molecular complexity index is 1000. The van der Waals surface area contributed by atoms with Gasteiger partial charge in [0.25, 0.3) is 5.91 Å². The molecule has 1 aromatic rings. The zero-order valence-corrected chi connectivity index (χ0v) is 24.7. The molecule has 2 amide bonds. The Morgan fingerprint density at radius 3 is 2.59 bits per heavy atom. The largest absolute Gasteiger partial charge is 0.490 e. The van der Waals surface area contributed by atoms with Crippen LogP contribution in [-0.4, -0.2) is 91.0 Å². The standard InChI is InChI=1S/C30H46F3N3O5/c1-20-16-36(21(2)19-37)29(39)25-15-24(34-28(38)12-13-30(31,32)33)10-11-26(25)41-22(3)7-5-6-14-40-27(20)18-35(4)17-23-8-9-23/h10-11,15,20-23,27,37H,5-9,12-14,16-19H2,1-4H3,(H,34,38)/t20-,21+,22+,27-/m0/s1. The molecule has 2 aliphatic rings. The number of nitrogens with zero attached hydrogens (tertiary/aromatic N) is 2. The summed E-state index contributed by atoms with van der Waals surface area (Å²) >= 11 is 0. The molecule has 4 atom stereocenters. The number of carbonyl (C=O) groups excluding carboxylic acids is 2. The van der Waals surface area contributed by atoms with Gasteiger partial charge in [0.2, 0.25) is 5.91 Å². The number of alkyl halides is 3. The Hall–Kier alpha value is -2.37. The molecular weight excluding hydrogens is 539 g/mol. The Labute approximate surface area is 241 Å². The predicted octanol–water partition coefficient (Wildman–Crippen LogP) is 5.10. The fourth-order valence-corrected chi connectivity index (χ4v) is 5.06. The van der Waals surface area contributed by atoms with Crippen LogP contribution in [0, 0.1) is 11.8 Å². The second kappa shape index (κ2) is 15.2. The van der Waals surface area contributed by atoms with Crippen LogP contribution in [0.15, 0.2) is 18.2 Å². The Kier molecular flexibility index (Phi) is 12.3. The molecule has 1 aromatic carbocycles. The van der Waals surface area contributed by atoms with Gasteiger partial charge >= 0.3 is 6.18 Å². The molecule has 3 rings (SSSR count). The highest BCUT2D eigenvalue weighted by Gasteiger charge is 2.32. The van der Waals surface area contributed by atoms with Gasteiger partial charge in [0.15, 0.2) is 0 Å². The number of hydrogen-bond acceptors (Lipinski definition) is 6. The van der Waals surface area contributed by atoms with Crippen molar-refractivity contribution in [2.45, 2.75) is 90.1 Å². The molecule has 1 aliphatic heterocycles. The van der Waals surface area contributed by atoms with Crippen LogP contribution in [0.2, 0.25) is 0 Å². The molecule has 0 aromatic heterocycles.